The summed E-state index contributed by atoms with van der Waals surface area (Å²) >= 11 is 6.57. The van der Waals surface area contributed by atoms with Gasteiger partial charge in [-0.25, -0.2) is 13.4 Å². The molecule has 0 aliphatic rings. The minimum Gasteiger partial charge on any atom is -0.372 e. The van der Waals surface area contributed by atoms with Crippen molar-refractivity contribution in [2.45, 2.75) is 11.8 Å². The number of rotatable bonds is 4. The van der Waals surface area contributed by atoms with E-state index in [1.165, 1.54) is 12.3 Å². The standard InChI is InChI=1S/C13H13Br2N3O2S/c1-8-3-4-9(14)5-11(8)18-21(19,20)12-6-10(15)7-17-13(12)16-2/h3-7,18H,1-2H3,(H,16,17). The fraction of sp³-hybridized carbons (Fsp3) is 0.154. The molecule has 0 amide bonds. The molecular formula is C13H13Br2N3O2S. The molecule has 0 fully saturated rings. The highest BCUT2D eigenvalue weighted by atomic mass is 79.9. The Morgan fingerprint density at radius 2 is 1.86 bits per heavy atom. The lowest BCUT2D eigenvalue weighted by Crippen LogP contribution is -2.16. The molecule has 21 heavy (non-hydrogen) atoms. The molecule has 0 spiro atoms. The summed E-state index contributed by atoms with van der Waals surface area (Å²) in [5.74, 6) is 0.290. The molecule has 0 aliphatic carbocycles. The first-order valence-corrected chi connectivity index (χ1v) is 9.02. The molecule has 0 saturated carbocycles. The number of halogens is 2. The van der Waals surface area contributed by atoms with Crippen molar-refractivity contribution < 1.29 is 8.42 Å². The molecule has 2 rings (SSSR count). The van der Waals surface area contributed by atoms with Crippen molar-refractivity contribution in [2.24, 2.45) is 0 Å². The van der Waals surface area contributed by atoms with Crippen LogP contribution in [0.1, 0.15) is 5.56 Å². The zero-order chi connectivity index (χ0) is 15.6. The molecule has 2 N–H and O–H groups in total. The van der Waals surface area contributed by atoms with E-state index >= 15 is 0 Å². The van der Waals surface area contributed by atoms with E-state index in [0.717, 1.165) is 10.0 Å². The third-order valence-electron chi connectivity index (χ3n) is 2.79. The van der Waals surface area contributed by atoms with Crippen molar-refractivity contribution in [3.63, 3.8) is 0 Å². The lowest BCUT2D eigenvalue weighted by Gasteiger charge is -2.13. The maximum atomic E-state index is 12.6. The molecule has 2 aromatic rings. The van der Waals surface area contributed by atoms with Crippen LogP contribution in [-0.2, 0) is 10.0 Å². The molecule has 8 heteroatoms. The van der Waals surface area contributed by atoms with E-state index in [1.54, 1.807) is 13.1 Å². The maximum absolute atomic E-state index is 12.6. The van der Waals surface area contributed by atoms with Crippen LogP contribution in [0, 0.1) is 6.92 Å². The monoisotopic (exact) mass is 433 g/mol. The SMILES string of the molecule is CNc1ncc(Br)cc1S(=O)(=O)Nc1cc(Br)ccc1C. The Hall–Kier alpha value is -1.12. The normalized spacial score (nSPS) is 11.2. The van der Waals surface area contributed by atoms with Gasteiger partial charge in [0.2, 0.25) is 0 Å². The fourth-order valence-corrected chi connectivity index (χ4v) is 3.87. The second-order valence-corrected chi connectivity index (χ2v) is 7.80. The van der Waals surface area contributed by atoms with E-state index in [2.05, 4.69) is 46.9 Å². The number of sulfonamides is 1. The zero-order valence-corrected chi connectivity index (χ0v) is 15.3. The predicted molar refractivity (Wildman–Crippen MR) is 91.2 cm³/mol. The number of anilines is 2. The summed E-state index contributed by atoms with van der Waals surface area (Å²) in [4.78, 5) is 4.14. The van der Waals surface area contributed by atoms with Gasteiger partial charge in [0.15, 0.2) is 0 Å². The topological polar surface area (TPSA) is 71.1 Å². The zero-order valence-electron chi connectivity index (χ0n) is 11.3. The predicted octanol–water partition coefficient (Wildman–Crippen LogP) is 3.76. The molecule has 0 atom stereocenters. The number of aryl methyl sites for hydroxylation is 1. The second kappa shape index (κ2) is 6.33. The molecule has 0 radical (unpaired) electrons. The molecule has 112 valence electrons. The van der Waals surface area contributed by atoms with Gasteiger partial charge in [0.1, 0.15) is 10.7 Å². The average Bonchev–Trinajstić information content (AvgIpc) is 2.42. The van der Waals surface area contributed by atoms with Crippen LogP contribution in [0.5, 0.6) is 0 Å². The van der Waals surface area contributed by atoms with Crippen molar-refractivity contribution in [3.05, 3.63) is 45.0 Å². The van der Waals surface area contributed by atoms with E-state index in [4.69, 9.17) is 0 Å². The van der Waals surface area contributed by atoms with Gasteiger partial charge in [0.05, 0.1) is 5.69 Å². The molecule has 0 aliphatic heterocycles. The number of benzene rings is 1. The van der Waals surface area contributed by atoms with Crippen molar-refractivity contribution in [2.75, 3.05) is 17.1 Å². The van der Waals surface area contributed by atoms with Gasteiger partial charge < -0.3 is 5.32 Å². The Morgan fingerprint density at radius 3 is 2.52 bits per heavy atom. The van der Waals surface area contributed by atoms with Gasteiger partial charge in [0.25, 0.3) is 10.0 Å². The highest BCUT2D eigenvalue weighted by Crippen LogP contribution is 2.27. The largest absolute Gasteiger partial charge is 0.372 e. The number of pyridine rings is 1. The van der Waals surface area contributed by atoms with Crippen LogP contribution in [0.15, 0.2) is 44.3 Å². The summed E-state index contributed by atoms with van der Waals surface area (Å²) in [6.45, 7) is 1.84. The van der Waals surface area contributed by atoms with Crippen LogP contribution in [-0.4, -0.2) is 20.4 Å². The van der Waals surface area contributed by atoms with Crippen molar-refractivity contribution >= 4 is 53.4 Å². The summed E-state index contributed by atoms with van der Waals surface area (Å²) in [5, 5.41) is 2.78. The number of hydrogen-bond acceptors (Lipinski definition) is 4. The van der Waals surface area contributed by atoms with Crippen LogP contribution >= 0.6 is 31.9 Å². The van der Waals surface area contributed by atoms with E-state index in [9.17, 15) is 8.42 Å². The van der Waals surface area contributed by atoms with E-state index in [1.807, 2.05) is 19.1 Å². The van der Waals surface area contributed by atoms with Gasteiger partial charge >= 0.3 is 0 Å². The summed E-state index contributed by atoms with van der Waals surface area (Å²) in [6.07, 6.45) is 1.54. The lowest BCUT2D eigenvalue weighted by molar-refractivity contribution is 0.601. The van der Waals surface area contributed by atoms with Crippen LogP contribution in [0.2, 0.25) is 0 Å². The molecule has 0 saturated heterocycles. The lowest BCUT2D eigenvalue weighted by atomic mass is 10.2. The van der Waals surface area contributed by atoms with Crippen LogP contribution in [0.4, 0.5) is 11.5 Å². The Kier molecular flexibility index (Phi) is 4.90. The summed E-state index contributed by atoms with van der Waals surface area (Å²) < 4.78 is 29.1. The summed E-state index contributed by atoms with van der Waals surface area (Å²) in [6, 6.07) is 6.92. The fourth-order valence-electron chi connectivity index (χ4n) is 1.72. The highest BCUT2D eigenvalue weighted by Gasteiger charge is 2.20. The van der Waals surface area contributed by atoms with Gasteiger partial charge in [-0.15, -0.1) is 0 Å². The van der Waals surface area contributed by atoms with Crippen LogP contribution in [0.25, 0.3) is 0 Å². The Balaban J connectivity index is 2.48. The minimum atomic E-state index is -3.74. The highest BCUT2D eigenvalue weighted by molar-refractivity contribution is 9.10. The van der Waals surface area contributed by atoms with Gasteiger partial charge in [0, 0.05) is 22.2 Å². The molecule has 1 heterocycles. The van der Waals surface area contributed by atoms with Gasteiger partial charge in [-0.3, -0.25) is 4.72 Å². The first-order chi connectivity index (χ1) is 9.83. The number of aromatic nitrogens is 1. The molecule has 1 aromatic carbocycles. The number of nitrogens with zero attached hydrogens (tertiary/aromatic N) is 1. The van der Waals surface area contributed by atoms with Gasteiger partial charge in [-0.1, -0.05) is 22.0 Å². The summed E-state index contributed by atoms with van der Waals surface area (Å²) in [7, 11) is -2.12. The van der Waals surface area contributed by atoms with Crippen LogP contribution < -0.4 is 10.0 Å². The van der Waals surface area contributed by atoms with E-state index < -0.39 is 10.0 Å². The van der Waals surface area contributed by atoms with E-state index in [0.29, 0.717) is 16.0 Å². The van der Waals surface area contributed by atoms with E-state index in [-0.39, 0.29) is 4.90 Å². The molecule has 0 bridgehead atoms. The van der Waals surface area contributed by atoms with Gasteiger partial charge in [-0.05, 0) is 46.6 Å². The van der Waals surface area contributed by atoms with Crippen molar-refractivity contribution in [1.82, 2.24) is 4.98 Å². The number of nitrogens with one attached hydrogen (secondary N) is 2. The maximum Gasteiger partial charge on any atom is 0.265 e. The summed E-state index contributed by atoms with van der Waals surface area (Å²) in [5.41, 5.74) is 1.35. The number of hydrogen-bond donors (Lipinski definition) is 2. The molecule has 0 unspecified atom stereocenters. The molecule has 1 aromatic heterocycles. The third-order valence-corrected chi connectivity index (χ3v) is 5.10. The quantitative estimate of drug-likeness (QED) is 0.768. The smallest absolute Gasteiger partial charge is 0.265 e. The molecular weight excluding hydrogens is 422 g/mol. The third kappa shape index (κ3) is 3.75. The Labute approximate surface area is 140 Å². The second-order valence-electron chi connectivity index (χ2n) is 4.32. The average molecular weight is 435 g/mol. The Morgan fingerprint density at radius 1 is 1.14 bits per heavy atom. The van der Waals surface area contributed by atoms with Crippen LogP contribution in [0.3, 0.4) is 0 Å². The Bertz CT molecular complexity index is 779. The minimum absolute atomic E-state index is 0.0822. The molecule has 5 nitrogen and oxygen atoms in total. The first-order valence-electron chi connectivity index (χ1n) is 5.96. The van der Waals surface area contributed by atoms with Crippen molar-refractivity contribution in [3.8, 4) is 0 Å². The van der Waals surface area contributed by atoms with Gasteiger partial charge in [-0.2, -0.15) is 0 Å². The first kappa shape index (κ1) is 16.3. The van der Waals surface area contributed by atoms with Crippen molar-refractivity contribution in [1.29, 1.82) is 0 Å².